The third-order valence-electron chi connectivity index (χ3n) is 7.10. The number of ether oxygens (including phenoxy) is 1. The molecule has 5 heterocycles. The summed E-state index contributed by atoms with van der Waals surface area (Å²) < 4.78 is 7.33. The van der Waals surface area contributed by atoms with Gasteiger partial charge >= 0.3 is 0 Å². The first kappa shape index (κ1) is 24.5. The van der Waals surface area contributed by atoms with Gasteiger partial charge < -0.3 is 19.9 Å². The minimum atomic E-state index is 0.672. The number of hydrogen-bond donors (Lipinski definition) is 1. The Bertz CT molecular complexity index is 1340. The fraction of sp³-hybridized carbons (Fsp3) is 0.462. The van der Waals surface area contributed by atoms with Crippen molar-refractivity contribution in [3.05, 3.63) is 41.3 Å². The van der Waals surface area contributed by atoms with Crippen LogP contribution >= 0.6 is 11.3 Å². The lowest BCUT2D eigenvalue weighted by molar-refractivity contribution is -0.119. The molecule has 1 aliphatic carbocycles. The number of hydrogen-bond acceptors (Lipinski definition) is 8. The predicted molar refractivity (Wildman–Crippen MR) is 143 cm³/mol. The smallest absolute Gasteiger partial charge is 0.209 e. The molecule has 10 heteroatoms. The molecule has 0 unspecified atom stereocenters. The van der Waals surface area contributed by atoms with Gasteiger partial charge in [-0.1, -0.05) is 0 Å². The number of carbonyl (C=O) groups excluding carboxylic acids is 1. The summed E-state index contributed by atoms with van der Waals surface area (Å²) in [6, 6.07) is 4.66. The van der Waals surface area contributed by atoms with Crippen LogP contribution in [0.25, 0.3) is 15.7 Å². The van der Waals surface area contributed by atoms with Gasteiger partial charge in [0.1, 0.15) is 17.0 Å². The van der Waals surface area contributed by atoms with E-state index in [1.54, 1.807) is 35.5 Å². The maximum atomic E-state index is 10.3. The Hall–Kier alpha value is -3.24. The zero-order chi connectivity index (χ0) is 25.1. The molecule has 1 saturated heterocycles. The second-order valence-electron chi connectivity index (χ2n) is 9.53. The van der Waals surface area contributed by atoms with Crippen molar-refractivity contribution in [3.8, 4) is 5.75 Å². The van der Waals surface area contributed by atoms with Crippen molar-refractivity contribution < 1.29 is 9.53 Å². The molecule has 0 saturated carbocycles. The highest BCUT2D eigenvalue weighted by Gasteiger charge is 2.21. The van der Waals surface area contributed by atoms with Crippen molar-refractivity contribution in [1.82, 2.24) is 29.4 Å². The van der Waals surface area contributed by atoms with E-state index in [-0.39, 0.29) is 0 Å². The van der Waals surface area contributed by atoms with Gasteiger partial charge in [-0.25, -0.2) is 14.5 Å². The minimum absolute atomic E-state index is 0.672. The number of aromatic nitrogens is 4. The molecular weight excluding hydrogens is 474 g/mol. The summed E-state index contributed by atoms with van der Waals surface area (Å²) >= 11 is 1.80. The Morgan fingerprint density at radius 1 is 1.19 bits per heavy atom. The highest BCUT2D eigenvalue weighted by molar-refractivity contribution is 7.19. The largest absolute Gasteiger partial charge is 0.493 e. The Kier molecular flexibility index (Phi) is 7.33. The second kappa shape index (κ2) is 10.8. The number of methoxy groups -OCH3 is 1. The van der Waals surface area contributed by atoms with Crippen molar-refractivity contribution in [2.24, 2.45) is 0 Å². The van der Waals surface area contributed by atoms with Crippen LogP contribution in [0.3, 0.4) is 0 Å². The van der Waals surface area contributed by atoms with Crippen LogP contribution in [-0.2, 0) is 17.6 Å². The second-order valence-corrected chi connectivity index (χ2v) is 10.6. The molecule has 1 amide bonds. The number of nitrogens with one attached hydrogen (secondary N) is 1. The average Bonchev–Trinajstić information content (AvgIpc) is 3.53. The van der Waals surface area contributed by atoms with E-state index >= 15 is 0 Å². The van der Waals surface area contributed by atoms with Gasteiger partial charge in [-0.15, -0.1) is 11.3 Å². The van der Waals surface area contributed by atoms with Crippen LogP contribution in [0.5, 0.6) is 5.75 Å². The van der Waals surface area contributed by atoms with Gasteiger partial charge in [0.15, 0.2) is 5.75 Å². The number of thiophene rings is 1. The van der Waals surface area contributed by atoms with Gasteiger partial charge in [-0.05, 0) is 70.3 Å². The number of likely N-dealkylation sites (tertiary alicyclic amines) is 1. The SMILES string of the molecule is CN(C)C1CCN(C=O)CC1.COc1cn2nccc2cc1Nc1ncnc2sc3c(c12)CCCC3. The summed E-state index contributed by atoms with van der Waals surface area (Å²) in [6.45, 7) is 1.85. The lowest BCUT2D eigenvalue weighted by Gasteiger charge is -2.33. The summed E-state index contributed by atoms with van der Waals surface area (Å²) in [6.07, 6.45) is 13.2. The summed E-state index contributed by atoms with van der Waals surface area (Å²) in [5.41, 5.74) is 3.30. The zero-order valence-electron chi connectivity index (χ0n) is 21.1. The van der Waals surface area contributed by atoms with Gasteiger partial charge in [0.2, 0.25) is 6.41 Å². The lowest BCUT2D eigenvalue weighted by Crippen LogP contribution is -2.41. The Morgan fingerprint density at radius 3 is 2.75 bits per heavy atom. The molecule has 1 aliphatic heterocycles. The first-order chi connectivity index (χ1) is 17.6. The van der Waals surface area contributed by atoms with Crippen molar-refractivity contribution >= 4 is 45.0 Å². The van der Waals surface area contributed by atoms with Crippen molar-refractivity contribution in [2.45, 2.75) is 44.6 Å². The molecule has 0 bridgehead atoms. The van der Waals surface area contributed by atoms with Crippen LogP contribution in [0.2, 0.25) is 0 Å². The van der Waals surface area contributed by atoms with Gasteiger partial charge in [0, 0.05) is 30.2 Å². The summed E-state index contributed by atoms with van der Waals surface area (Å²) in [4.78, 5) is 26.0. The number of carbonyl (C=O) groups is 1. The van der Waals surface area contributed by atoms with Crippen molar-refractivity contribution in [2.75, 3.05) is 39.6 Å². The van der Waals surface area contributed by atoms with Crippen molar-refractivity contribution in [1.29, 1.82) is 0 Å². The van der Waals surface area contributed by atoms with E-state index in [0.29, 0.717) is 6.04 Å². The van der Waals surface area contributed by atoms with Crippen molar-refractivity contribution in [3.63, 3.8) is 0 Å². The number of pyridine rings is 1. The summed E-state index contributed by atoms with van der Waals surface area (Å²) in [7, 11) is 5.86. The van der Waals surface area contributed by atoms with Crippen LogP contribution in [0.1, 0.15) is 36.1 Å². The zero-order valence-corrected chi connectivity index (χ0v) is 21.9. The molecule has 2 aliphatic rings. The summed E-state index contributed by atoms with van der Waals surface area (Å²) in [5.74, 6) is 1.58. The van der Waals surface area contributed by atoms with Gasteiger partial charge in [-0.3, -0.25) is 4.79 Å². The highest BCUT2D eigenvalue weighted by atomic mass is 32.1. The Balaban J connectivity index is 0.000000205. The topological polar surface area (TPSA) is 87.9 Å². The van der Waals surface area contributed by atoms with Crippen LogP contribution in [-0.4, -0.2) is 76.1 Å². The Morgan fingerprint density at radius 2 is 2.00 bits per heavy atom. The maximum absolute atomic E-state index is 10.3. The van der Waals surface area contributed by atoms with Gasteiger partial charge in [-0.2, -0.15) is 5.10 Å². The van der Waals surface area contributed by atoms with E-state index in [1.807, 2.05) is 23.2 Å². The van der Waals surface area contributed by atoms with E-state index in [1.165, 1.54) is 23.3 Å². The fourth-order valence-electron chi connectivity index (χ4n) is 5.03. The quantitative estimate of drug-likeness (QED) is 0.406. The average molecular weight is 508 g/mol. The molecular formula is C26H33N7O2S. The molecule has 6 rings (SSSR count). The molecule has 0 spiro atoms. The van der Waals surface area contributed by atoms with E-state index < -0.39 is 0 Å². The van der Waals surface area contributed by atoms with Crippen LogP contribution < -0.4 is 10.1 Å². The number of aryl methyl sites for hydroxylation is 2. The highest BCUT2D eigenvalue weighted by Crippen LogP contribution is 2.39. The minimum Gasteiger partial charge on any atom is -0.493 e. The molecule has 4 aromatic heterocycles. The van der Waals surface area contributed by atoms with E-state index in [4.69, 9.17) is 4.74 Å². The van der Waals surface area contributed by atoms with Gasteiger partial charge in [0.05, 0.1) is 29.9 Å². The predicted octanol–water partition coefficient (Wildman–Crippen LogP) is 4.14. The number of fused-ring (bicyclic) bond motifs is 4. The number of anilines is 2. The molecule has 190 valence electrons. The number of piperidine rings is 1. The molecule has 9 nitrogen and oxygen atoms in total. The van der Waals surface area contributed by atoms with Crippen LogP contribution in [0, 0.1) is 0 Å². The van der Waals surface area contributed by atoms with E-state index in [2.05, 4.69) is 39.4 Å². The molecule has 0 atom stereocenters. The third kappa shape index (κ3) is 5.01. The van der Waals surface area contributed by atoms with Gasteiger partial charge in [0.25, 0.3) is 0 Å². The molecule has 0 radical (unpaired) electrons. The first-order valence-corrected chi connectivity index (χ1v) is 13.3. The fourth-order valence-corrected chi connectivity index (χ4v) is 6.26. The molecule has 1 fully saturated rings. The summed E-state index contributed by atoms with van der Waals surface area (Å²) in [5, 5.41) is 8.90. The van der Waals surface area contributed by atoms with Crippen LogP contribution in [0.4, 0.5) is 11.5 Å². The van der Waals surface area contributed by atoms with Crippen LogP contribution in [0.15, 0.2) is 30.9 Å². The molecule has 1 N–H and O–H groups in total. The molecule has 36 heavy (non-hydrogen) atoms. The standard InChI is InChI=1S/C18H17N5OS.C8H16N2O/c1-24-14-9-23-11(6-7-21-23)8-13(14)22-17-16-12-4-2-3-5-15(12)25-18(16)20-10-19-17;1-9(2)8-3-5-10(7-11)6-4-8/h6-10H,2-5H2,1H3,(H,19,20,22);7-8H,3-6H2,1-2H3. The van der Waals surface area contributed by atoms with E-state index in [0.717, 1.165) is 78.2 Å². The normalized spacial score (nSPS) is 16.1. The first-order valence-electron chi connectivity index (χ1n) is 12.5. The lowest BCUT2D eigenvalue weighted by atomic mass is 9.97. The number of nitrogens with zero attached hydrogens (tertiary/aromatic N) is 6. The molecule has 4 aromatic rings. The number of rotatable bonds is 5. The molecule has 0 aromatic carbocycles. The maximum Gasteiger partial charge on any atom is 0.209 e. The monoisotopic (exact) mass is 507 g/mol. The number of amides is 1. The third-order valence-corrected chi connectivity index (χ3v) is 8.30. The Labute approximate surface area is 215 Å². The van der Waals surface area contributed by atoms with E-state index in [9.17, 15) is 4.79 Å².